The van der Waals surface area contributed by atoms with E-state index in [0.717, 1.165) is 60.4 Å². The van der Waals surface area contributed by atoms with Crippen LogP contribution in [0, 0.1) is 5.92 Å². The van der Waals surface area contributed by atoms with Crippen molar-refractivity contribution in [3.63, 3.8) is 0 Å². The average molecular weight is 457 g/mol. The second-order valence-electron chi connectivity index (χ2n) is 9.43. The summed E-state index contributed by atoms with van der Waals surface area (Å²) in [6, 6.07) is 18.6. The standard InChI is InChI=1S/C28H36N6/c1-21(2)13-15-33-16-18-34(19-17-33)26-7-5-6-25(20-26)31-28-29-14-12-27(32-28)23-8-10-24(11-9-23)30-22(3)4/h5-12,14,20-21,30H,3,13,15-19H2,1-2,4H3,(H,29,31,32). The van der Waals surface area contributed by atoms with Gasteiger partial charge >= 0.3 is 0 Å². The van der Waals surface area contributed by atoms with Gasteiger partial charge < -0.3 is 15.5 Å². The monoisotopic (exact) mass is 456 g/mol. The number of anilines is 4. The van der Waals surface area contributed by atoms with E-state index < -0.39 is 0 Å². The van der Waals surface area contributed by atoms with Crippen molar-refractivity contribution in [2.24, 2.45) is 5.92 Å². The smallest absolute Gasteiger partial charge is 0.227 e. The Balaban J connectivity index is 1.39. The molecule has 2 aromatic carbocycles. The van der Waals surface area contributed by atoms with E-state index in [9.17, 15) is 0 Å². The fourth-order valence-electron chi connectivity index (χ4n) is 4.13. The Kier molecular flexibility index (Phi) is 7.80. The number of piperazine rings is 1. The fraction of sp³-hybridized carbons (Fsp3) is 0.357. The van der Waals surface area contributed by atoms with Gasteiger partial charge in [-0.05, 0) is 62.2 Å². The summed E-state index contributed by atoms with van der Waals surface area (Å²) in [7, 11) is 0. The lowest BCUT2D eigenvalue weighted by molar-refractivity contribution is 0.244. The van der Waals surface area contributed by atoms with Crippen molar-refractivity contribution < 1.29 is 0 Å². The summed E-state index contributed by atoms with van der Waals surface area (Å²) in [5.41, 5.74) is 6.09. The van der Waals surface area contributed by atoms with Gasteiger partial charge in [-0.3, -0.25) is 4.90 Å². The van der Waals surface area contributed by atoms with Crippen molar-refractivity contribution in [2.75, 3.05) is 48.3 Å². The van der Waals surface area contributed by atoms with Gasteiger partial charge in [0.2, 0.25) is 5.95 Å². The van der Waals surface area contributed by atoms with Crippen molar-refractivity contribution in [3.05, 3.63) is 73.1 Å². The molecule has 0 bridgehead atoms. The predicted molar refractivity (Wildman–Crippen MR) is 144 cm³/mol. The van der Waals surface area contributed by atoms with Gasteiger partial charge in [0.15, 0.2) is 0 Å². The zero-order chi connectivity index (χ0) is 23.9. The van der Waals surface area contributed by atoms with E-state index in [4.69, 9.17) is 4.98 Å². The van der Waals surface area contributed by atoms with Gasteiger partial charge in [0.05, 0.1) is 5.69 Å². The van der Waals surface area contributed by atoms with Crippen molar-refractivity contribution in [2.45, 2.75) is 27.2 Å². The third-order valence-corrected chi connectivity index (χ3v) is 6.06. The molecule has 1 aliphatic rings. The van der Waals surface area contributed by atoms with Crippen LogP contribution >= 0.6 is 0 Å². The number of nitrogens with one attached hydrogen (secondary N) is 2. The van der Waals surface area contributed by atoms with Crippen LogP contribution in [0.5, 0.6) is 0 Å². The maximum atomic E-state index is 4.74. The molecule has 178 valence electrons. The highest BCUT2D eigenvalue weighted by molar-refractivity contribution is 5.66. The third kappa shape index (κ3) is 6.58. The quantitative estimate of drug-likeness (QED) is 0.412. The van der Waals surface area contributed by atoms with Gasteiger partial charge in [-0.1, -0.05) is 38.6 Å². The number of benzene rings is 2. The molecule has 1 saturated heterocycles. The third-order valence-electron chi connectivity index (χ3n) is 6.06. The van der Waals surface area contributed by atoms with E-state index >= 15 is 0 Å². The zero-order valence-corrected chi connectivity index (χ0v) is 20.6. The van der Waals surface area contributed by atoms with Crippen LogP contribution in [0.3, 0.4) is 0 Å². The molecule has 3 aromatic rings. The van der Waals surface area contributed by atoms with Crippen LogP contribution in [0.4, 0.5) is 23.0 Å². The molecule has 1 aliphatic heterocycles. The van der Waals surface area contributed by atoms with Crippen LogP contribution in [0.25, 0.3) is 11.3 Å². The predicted octanol–water partition coefficient (Wildman–Crippen LogP) is 6.00. The van der Waals surface area contributed by atoms with Crippen molar-refractivity contribution >= 4 is 23.0 Å². The summed E-state index contributed by atoms with van der Waals surface area (Å²) >= 11 is 0. The molecule has 0 unspecified atom stereocenters. The molecule has 4 rings (SSSR count). The van der Waals surface area contributed by atoms with Crippen LogP contribution in [0.1, 0.15) is 27.2 Å². The number of rotatable bonds is 9. The minimum absolute atomic E-state index is 0.595. The minimum atomic E-state index is 0.595. The summed E-state index contributed by atoms with van der Waals surface area (Å²) in [6.07, 6.45) is 3.07. The number of hydrogen-bond donors (Lipinski definition) is 2. The Labute approximate surface area is 203 Å². The summed E-state index contributed by atoms with van der Waals surface area (Å²) in [5.74, 6) is 1.36. The number of aromatic nitrogens is 2. The molecule has 0 radical (unpaired) electrons. The number of allylic oxidation sites excluding steroid dienone is 1. The van der Waals surface area contributed by atoms with Gasteiger partial charge in [-0.2, -0.15) is 0 Å². The highest BCUT2D eigenvalue weighted by atomic mass is 15.3. The van der Waals surface area contributed by atoms with E-state index in [1.807, 2.05) is 25.1 Å². The fourth-order valence-corrected chi connectivity index (χ4v) is 4.13. The summed E-state index contributed by atoms with van der Waals surface area (Å²) in [5, 5.41) is 6.62. The van der Waals surface area contributed by atoms with Crippen molar-refractivity contribution in [1.82, 2.24) is 14.9 Å². The maximum absolute atomic E-state index is 4.74. The van der Waals surface area contributed by atoms with Crippen LogP contribution in [0.2, 0.25) is 0 Å². The molecule has 6 heteroatoms. The molecular weight excluding hydrogens is 420 g/mol. The molecule has 6 nitrogen and oxygen atoms in total. The normalized spacial score (nSPS) is 14.3. The largest absolute Gasteiger partial charge is 0.369 e. The highest BCUT2D eigenvalue weighted by Gasteiger charge is 2.17. The van der Waals surface area contributed by atoms with Crippen molar-refractivity contribution in [1.29, 1.82) is 0 Å². The first kappa shape index (κ1) is 23.8. The van der Waals surface area contributed by atoms with E-state index in [-0.39, 0.29) is 0 Å². The zero-order valence-electron chi connectivity index (χ0n) is 20.6. The molecule has 0 atom stereocenters. The summed E-state index contributed by atoms with van der Waals surface area (Å²) < 4.78 is 0. The Bertz CT molecular complexity index is 1080. The molecule has 0 spiro atoms. The lowest BCUT2D eigenvalue weighted by atomic mass is 10.1. The molecule has 1 aromatic heterocycles. The Morgan fingerprint density at radius 1 is 1.00 bits per heavy atom. The molecule has 0 amide bonds. The summed E-state index contributed by atoms with van der Waals surface area (Å²) in [4.78, 5) is 14.2. The first-order valence-corrected chi connectivity index (χ1v) is 12.2. The van der Waals surface area contributed by atoms with Gasteiger partial charge in [0.25, 0.3) is 0 Å². The van der Waals surface area contributed by atoms with Gasteiger partial charge in [-0.25, -0.2) is 9.97 Å². The Hall–Kier alpha value is -3.38. The second kappa shape index (κ2) is 11.2. The van der Waals surface area contributed by atoms with E-state index in [2.05, 4.69) is 82.2 Å². The number of nitrogens with zero attached hydrogens (tertiary/aromatic N) is 4. The molecule has 2 heterocycles. The summed E-state index contributed by atoms with van der Waals surface area (Å²) in [6.45, 7) is 16.0. The van der Waals surface area contributed by atoms with Gasteiger partial charge in [-0.15, -0.1) is 0 Å². The van der Waals surface area contributed by atoms with E-state index in [0.29, 0.717) is 5.95 Å². The molecule has 0 aliphatic carbocycles. The molecular formula is C28H36N6. The first-order valence-electron chi connectivity index (χ1n) is 12.2. The van der Waals surface area contributed by atoms with E-state index in [1.165, 1.54) is 18.7 Å². The van der Waals surface area contributed by atoms with Gasteiger partial charge in [0, 0.05) is 60.7 Å². The molecule has 34 heavy (non-hydrogen) atoms. The molecule has 0 saturated carbocycles. The highest BCUT2D eigenvalue weighted by Crippen LogP contribution is 2.25. The average Bonchev–Trinajstić information content (AvgIpc) is 2.83. The second-order valence-corrected chi connectivity index (χ2v) is 9.43. The Morgan fingerprint density at radius 3 is 2.47 bits per heavy atom. The van der Waals surface area contributed by atoms with Crippen molar-refractivity contribution in [3.8, 4) is 11.3 Å². The molecule has 1 fully saturated rings. The molecule has 2 N–H and O–H groups in total. The van der Waals surface area contributed by atoms with Gasteiger partial charge in [0.1, 0.15) is 0 Å². The van der Waals surface area contributed by atoms with Crippen LogP contribution in [0.15, 0.2) is 73.1 Å². The van der Waals surface area contributed by atoms with E-state index in [1.54, 1.807) is 6.20 Å². The SMILES string of the molecule is C=C(C)Nc1ccc(-c2ccnc(Nc3cccc(N4CCN(CCC(C)C)CC4)c3)n2)cc1. The van der Waals surface area contributed by atoms with Crippen LogP contribution in [-0.2, 0) is 0 Å². The van der Waals surface area contributed by atoms with Crippen LogP contribution in [-0.4, -0.2) is 47.6 Å². The first-order chi connectivity index (χ1) is 16.5. The lowest BCUT2D eigenvalue weighted by Crippen LogP contribution is -2.46. The topological polar surface area (TPSA) is 56.3 Å². The lowest BCUT2D eigenvalue weighted by Gasteiger charge is -2.36. The Morgan fingerprint density at radius 2 is 1.76 bits per heavy atom. The van der Waals surface area contributed by atoms with Crippen LogP contribution < -0.4 is 15.5 Å². The maximum Gasteiger partial charge on any atom is 0.227 e. The minimum Gasteiger partial charge on any atom is -0.369 e. The number of hydrogen-bond acceptors (Lipinski definition) is 6.